The lowest BCUT2D eigenvalue weighted by Crippen LogP contribution is -1.89. The Labute approximate surface area is 94.4 Å². The quantitative estimate of drug-likeness (QED) is 0.654. The molecular weight excluding hydrogens is 184 g/mol. The molecule has 0 bridgehead atoms. The average Bonchev–Trinajstić information content (AvgIpc) is 2.65. The Morgan fingerprint density at radius 1 is 1.27 bits per heavy atom. The number of aryl methyl sites for hydroxylation is 1. The van der Waals surface area contributed by atoms with Gasteiger partial charge in [0.15, 0.2) is 0 Å². The summed E-state index contributed by atoms with van der Waals surface area (Å²) < 4.78 is 1.95. The van der Waals surface area contributed by atoms with Crippen molar-refractivity contribution in [3.05, 3.63) is 30.1 Å². The summed E-state index contributed by atoms with van der Waals surface area (Å²) in [5.74, 6) is 0. The van der Waals surface area contributed by atoms with E-state index in [0.717, 1.165) is 5.69 Å². The van der Waals surface area contributed by atoms with Crippen LogP contribution in [0, 0.1) is 6.92 Å². The molecule has 0 amide bonds. The SMILES string of the molecule is C=Cn1cc(C)cc1C=NC.CC.CC. The summed E-state index contributed by atoms with van der Waals surface area (Å²) in [6, 6.07) is 2.06. The van der Waals surface area contributed by atoms with Crippen LogP contribution in [0.2, 0.25) is 0 Å². The van der Waals surface area contributed by atoms with E-state index in [0.29, 0.717) is 0 Å². The molecule has 0 spiro atoms. The van der Waals surface area contributed by atoms with Crippen LogP contribution in [-0.4, -0.2) is 17.8 Å². The van der Waals surface area contributed by atoms with E-state index in [4.69, 9.17) is 0 Å². The standard InChI is InChI=1S/C9H12N2.2C2H6/c1-4-11-7-8(2)5-9(11)6-10-3;2*1-2/h4-7H,1H2,2-3H3;2*1-2H3. The van der Waals surface area contributed by atoms with Gasteiger partial charge in [-0.15, -0.1) is 0 Å². The van der Waals surface area contributed by atoms with Crippen molar-refractivity contribution in [3.63, 3.8) is 0 Å². The lowest BCUT2D eigenvalue weighted by Gasteiger charge is -1.94. The number of hydrogen-bond acceptors (Lipinski definition) is 1. The summed E-state index contributed by atoms with van der Waals surface area (Å²) in [5.41, 5.74) is 2.29. The molecule has 0 aliphatic rings. The highest BCUT2D eigenvalue weighted by molar-refractivity contribution is 5.79. The Balaban J connectivity index is 0. The van der Waals surface area contributed by atoms with E-state index >= 15 is 0 Å². The van der Waals surface area contributed by atoms with Crippen LogP contribution in [0.4, 0.5) is 0 Å². The van der Waals surface area contributed by atoms with Crippen molar-refractivity contribution in [3.8, 4) is 0 Å². The fourth-order valence-electron chi connectivity index (χ4n) is 1.03. The molecule has 1 rings (SSSR count). The van der Waals surface area contributed by atoms with Gasteiger partial charge in [0.25, 0.3) is 0 Å². The molecule has 0 saturated heterocycles. The van der Waals surface area contributed by atoms with Gasteiger partial charge in [0.2, 0.25) is 0 Å². The Morgan fingerprint density at radius 3 is 2.20 bits per heavy atom. The number of aromatic nitrogens is 1. The van der Waals surface area contributed by atoms with Crippen LogP contribution in [0.15, 0.2) is 23.8 Å². The predicted molar refractivity (Wildman–Crippen MR) is 71.8 cm³/mol. The van der Waals surface area contributed by atoms with Gasteiger partial charge < -0.3 is 4.57 Å². The van der Waals surface area contributed by atoms with Gasteiger partial charge in [0.05, 0.1) is 5.69 Å². The van der Waals surface area contributed by atoms with E-state index < -0.39 is 0 Å². The second kappa shape index (κ2) is 10.8. The number of nitrogens with zero attached hydrogens (tertiary/aromatic N) is 2. The van der Waals surface area contributed by atoms with Gasteiger partial charge in [0.1, 0.15) is 0 Å². The summed E-state index contributed by atoms with van der Waals surface area (Å²) in [7, 11) is 1.76. The molecule has 1 heterocycles. The molecule has 0 fully saturated rings. The van der Waals surface area contributed by atoms with Crippen molar-refractivity contribution >= 4 is 12.4 Å². The summed E-state index contributed by atoms with van der Waals surface area (Å²) in [4.78, 5) is 3.93. The second-order valence-corrected chi connectivity index (χ2v) is 2.42. The normalized spacial score (nSPS) is 8.67. The smallest absolute Gasteiger partial charge is 0.0631 e. The number of rotatable bonds is 2. The molecular formula is C13H24N2. The molecule has 15 heavy (non-hydrogen) atoms. The number of aliphatic imine (C=N–C) groups is 1. The van der Waals surface area contributed by atoms with Crippen LogP contribution in [0.5, 0.6) is 0 Å². The van der Waals surface area contributed by atoms with Gasteiger partial charge in [-0.3, -0.25) is 4.99 Å². The highest BCUT2D eigenvalue weighted by Gasteiger charge is 1.95. The third-order valence-electron chi connectivity index (χ3n) is 1.47. The van der Waals surface area contributed by atoms with E-state index in [9.17, 15) is 0 Å². The Bertz CT molecular complexity index is 283. The largest absolute Gasteiger partial charge is 0.323 e. The first-order chi connectivity index (χ1) is 7.27. The van der Waals surface area contributed by atoms with Crippen LogP contribution in [0.1, 0.15) is 39.0 Å². The van der Waals surface area contributed by atoms with Crippen LogP contribution in [-0.2, 0) is 0 Å². The first-order valence-corrected chi connectivity index (χ1v) is 5.51. The molecule has 0 saturated carbocycles. The molecule has 0 radical (unpaired) electrons. The van der Waals surface area contributed by atoms with Crippen molar-refractivity contribution in [1.82, 2.24) is 4.57 Å². The van der Waals surface area contributed by atoms with E-state index in [1.165, 1.54) is 5.56 Å². The van der Waals surface area contributed by atoms with E-state index in [1.807, 2.05) is 51.6 Å². The molecule has 0 unspecified atom stereocenters. The minimum atomic E-state index is 1.07. The third kappa shape index (κ3) is 5.89. The monoisotopic (exact) mass is 208 g/mol. The molecule has 0 aromatic carbocycles. The topological polar surface area (TPSA) is 17.3 Å². The zero-order valence-electron chi connectivity index (χ0n) is 10.9. The molecule has 1 aromatic rings. The molecule has 0 N–H and O–H groups in total. The van der Waals surface area contributed by atoms with Crippen molar-refractivity contribution in [1.29, 1.82) is 0 Å². The lowest BCUT2D eigenvalue weighted by atomic mass is 10.3. The van der Waals surface area contributed by atoms with Gasteiger partial charge in [-0.1, -0.05) is 34.3 Å². The van der Waals surface area contributed by atoms with Crippen LogP contribution < -0.4 is 0 Å². The minimum absolute atomic E-state index is 1.07. The summed E-state index contributed by atoms with van der Waals surface area (Å²) in [6.07, 6.45) is 5.60. The predicted octanol–water partition coefficient (Wildman–Crippen LogP) is 4.00. The summed E-state index contributed by atoms with van der Waals surface area (Å²) in [5, 5.41) is 0. The van der Waals surface area contributed by atoms with E-state index in [-0.39, 0.29) is 0 Å². The highest BCUT2D eigenvalue weighted by atomic mass is 14.9. The fraction of sp³-hybridized carbons (Fsp3) is 0.462. The van der Waals surface area contributed by atoms with Crippen LogP contribution in [0.25, 0.3) is 6.20 Å². The van der Waals surface area contributed by atoms with Gasteiger partial charge in [-0.25, -0.2) is 0 Å². The van der Waals surface area contributed by atoms with Gasteiger partial charge in [0, 0.05) is 25.7 Å². The maximum absolute atomic E-state index is 3.93. The van der Waals surface area contributed by atoms with Crippen molar-refractivity contribution < 1.29 is 0 Å². The summed E-state index contributed by atoms with van der Waals surface area (Å²) in [6.45, 7) is 13.7. The first-order valence-electron chi connectivity index (χ1n) is 5.51. The fourth-order valence-corrected chi connectivity index (χ4v) is 1.03. The molecule has 0 atom stereocenters. The zero-order valence-corrected chi connectivity index (χ0v) is 10.9. The molecule has 2 heteroatoms. The van der Waals surface area contributed by atoms with E-state index in [2.05, 4.69) is 17.6 Å². The Kier molecular flexibility index (Phi) is 11.6. The van der Waals surface area contributed by atoms with Gasteiger partial charge in [-0.05, 0) is 18.6 Å². The van der Waals surface area contributed by atoms with Crippen molar-refractivity contribution in [2.75, 3.05) is 7.05 Å². The van der Waals surface area contributed by atoms with Gasteiger partial charge >= 0.3 is 0 Å². The second-order valence-electron chi connectivity index (χ2n) is 2.42. The summed E-state index contributed by atoms with van der Waals surface area (Å²) >= 11 is 0. The molecule has 86 valence electrons. The maximum atomic E-state index is 3.93. The molecule has 0 aliphatic heterocycles. The third-order valence-corrected chi connectivity index (χ3v) is 1.47. The Hall–Kier alpha value is -1.31. The molecule has 2 nitrogen and oxygen atoms in total. The van der Waals surface area contributed by atoms with Crippen LogP contribution in [0.3, 0.4) is 0 Å². The van der Waals surface area contributed by atoms with Crippen molar-refractivity contribution in [2.45, 2.75) is 34.6 Å². The molecule has 1 aromatic heterocycles. The van der Waals surface area contributed by atoms with Crippen molar-refractivity contribution in [2.24, 2.45) is 4.99 Å². The highest BCUT2D eigenvalue weighted by Crippen LogP contribution is 2.05. The first kappa shape index (κ1) is 16.1. The van der Waals surface area contributed by atoms with E-state index in [1.54, 1.807) is 13.2 Å². The zero-order chi connectivity index (χ0) is 12.3. The Morgan fingerprint density at radius 2 is 1.80 bits per heavy atom. The van der Waals surface area contributed by atoms with Gasteiger partial charge in [-0.2, -0.15) is 0 Å². The molecule has 0 aliphatic carbocycles. The average molecular weight is 208 g/mol. The maximum Gasteiger partial charge on any atom is 0.0631 e. The van der Waals surface area contributed by atoms with Crippen LogP contribution >= 0.6 is 0 Å². The number of hydrogen-bond donors (Lipinski definition) is 0. The lowest BCUT2D eigenvalue weighted by molar-refractivity contribution is 1.15. The minimum Gasteiger partial charge on any atom is -0.323 e.